The third-order valence-corrected chi connectivity index (χ3v) is 15.2. The fraction of sp³-hybridized carbons (Fsp3) is 0.551. The summed E-state index contributed by atoms with van der Waals surface area (Å²) < 4.78 is 16.7. The molecule has 6 atom stereocenters. The molecule has 0 spiro atoms. The lowest BCUT2D eigenvalue weighted by atomic mass is 10.0. The van der Waals surface area contributed by atoms with Gasteiger partial charge in [-0.15, -0.1) is 0 Å². The van der Waals surface area contributed by atoms with Crippen molar-refractivity contribution in [3.8, 4) is 11.5 Å². The number of hydrogen-bond donors (Lipinski definition) is 8. The normalized spacial score (nSPS) is 17.8. The number of furan rings is 1. The lowest BCUT2D eigenvalue weighted by Crippen LogP contribution is -2.59. The number of amidine groups is 1. The highest BCUT2D eigenvalue weighted by Gasteiger charge is 2.44. The second-order valence-corrected chi connectivity index (χ2v) is 21.3. The van der Waals surface area contributed by atoms with Crippen LogP contribution in [0.25, 0.3) is 11.0 Å². The van der Waals surface area contributed by atoms with Gasteiger partial charge in [0.1, 0.15) is 30.2 Å². The smallest absolute Gasteiger partial charge is 0.287 e. The zero-order valence-corrected chi connectivity index (χ0v) is 44.0. The van der Waals surface area contributed by atoms with Crippen molar-refractivity contribution in [1.82, 2.24) is 36.4 Å². The van der Waals surface area contributed by atoms with E-state index >= 15 is 0 Å². The molecular weight excluding hydrogens is 990 g/mol. The van der Waals surface area contributed by atoms with E-state index in [1.54, 1.807) is 68.8 Å². The van der Waals surface area contributed by atoms with Crippen molar-refractivity contribution in [3.05, 3.63) is 58.3 Å². The molecular formula is C49H68ClN9O11S2. The first-order chi connectivity index (χ1) is 34.3. The number of methoxy groups -OCH3 is 2. The summed E-state index contributed by atoms with van der Waals surface area (Å²) in [4.78, 5) is 97.9. The van der Waals surface area contributed by atoms with Crippen molar-refractivity contribution >= 4 is 91.3 Å². The van der Waals surface area contributed by atoms with Crippen molar-refractivity contribution in [2.75, 3.05) is 51.9 Å². The lowest BCUT2D eigenvalue weighted by molar-refractivity contribution is -0.143. The number of likely N-dealkylation sites (tertiary alicyclic amines) is 2. The molecule has 7 amide bonds. The maximum Gasteiger partial charge on any atom is 0.287 e. The van der Waals surface area contributed by atoms with Crippen LogP contribution < -0.4 is 41.8 Å². The van der Waals surface area contributed by atoms with Gasteiger partial charge in [0.15, 0.2) is 17.1 Å². The number of carbonyl (C=O) groups excluding carboxylic acids is 7. The Morgan fingerprint density at radius 3 is 2.28 bits per heavy atom. The molecule has 72 heavy (non-hydrogen) atoms. The minimum atomic E-state index is -1.27. The van der Waals surface area contributed by atoms with Crippen LogP contribution in [0.5, 0.6) is 11.5 Å². The van der Waals surface area contributed by atoms with Gasteiger partial charge in [-0.2, -0.15) is 0 Å². The largest absolute Gasteiger partial charge is 0.493 e. The van der Waals surface area contributed by atoms with Gasteiger partial charge in [-0.1, -0.05) is 59.2 Å². The molecule has 5 rings (SSSR count). The number of halogens is 1. The van der Waals surface area contributed by atoms with Gasteiger partial charge in [-0.05, 0) is 81.7 Å². The molecule has 20 nitrogen and oxygen atoms in total. The molecule has 0 unspecified atom stereocenters. The summed E-state index contributed by atoms with van der Waals surface area (Å²) in [6.45, 7) is 7.73. The Hall–Kier alpha value is -5.71. The van der Waals surface area contributed by atoms with E-state index < -0.39 is 71.8 Å². The number of fused-ring (bicyclic) bond motifs is 1. The maximum absolute atomic E-state index is 14.3. The average Bonchev–Trinajstić information content (AvgIpc) is 4.09. The number of rotatable bonds is 26. The molecule has 9 N–H and O–H groups in total. The number of amides is 7. The van der Waals surface area contributed by atoms with E-state index in [2.05, 4.69) is 26.6 Å². The summed E-state index contributed by atoms with van der Waals surface area (Å²) >= 11 is 6.15. The molecule has 394 valence electrons. The molecule has 0 aliphatic carbocycles. The number of primary amides is 1. The number of nitrogens with two attached hydrogens (primary N) is 1. The second-order valence-electron chi connectivity index (χ2n) is 18.2. The van der Waals surface area contributed by atoms with Crippen molar-refractivity contribution in [2.24, 2.45) is 11.7 Å². The van der Waals surface area contributed by atoms with Gasteiger partial charge >= 0.3 is 0 Å². The molecule has 3 heterocycles. The van der Waals surface area contributed by atoms with Crippen LogP contribution in [0.1, 0.15) is 87.4 Å². The van der Waals surface area contributed by atoms with Gasteiger partial charge < -0.3 is 61.1 Å². The highest BCUT2D eigenvalue weighted by molar-refractivity contribution is 8.76. The van der Waals surface area contributed by atoms with Crippen LogP contribution in [0, 0.1) is 18.3 Å². The molecule has 3 aromatic rings. The van der Waals surface area contributed by atoms with Crippen LogP contribution in [0.15, 0.2) is 40.8 Å². The van der Waals surface area contributed by atoms with Crippen molar-refractivity contribution in [1.29, 1.82) is 5.41 Å². The monoisotopic (exact) mass is 1060 g/mol. The highest BCUT2D eigenvalue weighted by atomic mass is 35.5. The fourth-order valence-electron chi connectivity index (χ4n) is 8.69. The Morgan fingerprint density at radius 1 is 0.903 bits per heavy atom. The Balaban J connectivity index is 1.16. The second kappa shape index (κ2) is 27.4. The topological polar surface area (TPSA) is 288 Å². The number of nitrogens with zero attached hydrogens (tertiary/aromatic N) is 2. The van der Waals surface area contributed by atoms with E-state index in [0.717, 1.165) is 5.39 Å². The average molecular weight is 1060 g/mol. The van der Waals surface area contributed by atoms with E-state index in [4.69, 9.17) is 36.6 Å². The number of benzene rings is 2. The number of aliphatic hydroxyl groups is 1. The van der Waals surface area contributed by atoms with Gasteiger partial charge in [0.2, 0.25) is 41.2 Å². The first-order valence-electron chi connectivity index (χ1n) is 24.0. The first kappa shape index (κ1) is 57.2. The molecule has 0 bridgehead atoms. The SMILES string of the molecule is COc1ccc2c(C)c(C(=O)NCCCSSCCC(=O)N[C@H](C(=O)N3C[C@H](O)C[C@H]3C(=O)N[C@@H](Cc3ccc(Cl)cc3)C(=O)N[C@@H](CCCNC(C)=N)C(=O)N3CCC[C@H]3C(N)=O)C(C)C)oc2c1OC. The van der Waals surface area contributed by atoms with Crippen LogP contribution in [-0.2, 0) is 35.2 Å². The van der Waals surface area contributed by atoms with Gasteiger partial charge in [-0.3, -0.25) is 39.0 Å². The summed E-state index contributed by atoms with van der Waals surface area (Å²) in [5.74, 6) is -1.81. The van der Waals surface area contributed by atoms with E-state index in [1.165, 1.54) is 34.8 Å². The Bertz CT molecular complexity index is 2420. The maximum atomic E-state index is 14.3. The molecule has 2 aliphatic heterocycles. The van der Waals surface area contributed by atoms with Crippen LogP contribution in [0.2, 0.25) is 5.02 Å². The van der Waals surface area contributed by atoms with E-state index in [-0.39, 0.29) is 62.2 Å². The third-order valence-electron chi connectivity index (χ3n) is 12.5. The minimum Gasteiger partial charge on any atom is -0.493 e. The predicted molar refractivity (Wildman–Crippen MR) is 277 cm³/mol. The molecule has 2 saturated heterocycles. The van der Waals surface area contributed by atoms with E-state index in [1.807, 2.05) is 6.07 Å². The summed E-state index contributed by atoms with van der Waals surface area (Å²) in [6.07, 6.45) is 0.988. The van der Waals surface area contributed by atoms with Gasteiger partial charge in [0.25, 0.3) is 5.91 Å². The van der Waals surface area contributed by atoms with E-state index in [0.29, 0.717) is 83.5 Å². The van der Waals surface area contributed by atoms with Crippen LogP contribution in [0.3, 0.4) is 0 Å². The molecule has 23 heteroatoms. The number of ether oxygens (including phenoxy) is 2. The zero-order chi connectivity index (χ0) is 52.6. The summed E-state index contributed by atoms with van der Waals surface area (Å²) in [5, 5.41) is 34.0. The summed E-state index contributed by atoms with van der Waals surface area (Å²) in [7, 11) is 6.05. The minimum absolute atomic E-state index is 0.0330. The quantitative estimate of drug-likeness (QED) is 0.0248. The predicted octanol–water partition coefficient (Wildman–Crippen LogP) is 3.46. The fourth-order valence-corrected chi connectivity index (χ4v) is 10.9. The van der Waals surface area contributed by atoms with Crippen LogP contribution in [0.4, 0.5) is 0 Å². The molecule has 1 aromatic heterocycles. The molecule has 2 aliphatic rings. The number of β-amino-alcohol motifs (C(OH)–C–C–N with tert-alkyl or cyclic N) is 1. The van der Waals surface area contributed by atoms with E-state index in [9.17, 15) is 38.7 Å². The van der Waals surface area contributed by atoms with Crippen LogP contribution in [-0.4, -0.2) is 150 Å². The number of hydrogen-bond acceptors (Lipinski definition) is 14. The molecule has 2 fully saturated rings. The summed E-state index contributed by atoms with van der Waals surface area (Å²) in [6, 6.07) is 4.78. The molecule has 0 saturated carbocycles. The van der Waals surface area contributed by atoms with Gasteiger partial charge in [0, 0.05) is 72.9 Å². The number of aliphatic hydroxyl groups excluding tert-OH is 1. The number of carbonyl (C=O) groups is 7. The standard InChI is InChI=1S/C49H68ClN9O11S2/c1-27(2)40(57-39(61)18-23-72-71-22-9-20-54-47(65)41-28(3)33-16-17-38(68-5)43(69-6)42(33)70-41)49(67)59-26-32(60)25-37(59)46(64)56-35(24-30-12-14-31(50)15-13-30)45(63)55-34(10-7-19-53-29(4)51)48(66)58-21-8-11-36(58)44(52)62/h12-17,27,32,34-37,40,60H,7-11,18-26H2,1-6H3,(H2,51,53)(H2,52,62)(H,54,65)(H,55,63)(H,56,64)(H,57,61)/t32-,34+,35+,36+,37+,40+/m1/s1. The lowest BCUT2D eigenvalue weighted by Gasteiger charge is -2.32. The first-order valence-corrected chi connectivity index (χ1v) is 26.9. The summed E-state index contributed by atoms with van der Waals surface area (Å²) in [5.41, 5.74) is 7.37. The van der Waals surface area contributed by atoms with Gasteiger partial charge in [0.05, 0.1) is 26.2 Å². The van der Waals surface area contributed by atoms with Gasteiger partial charge in [-0.25, -0.2) is 0 Å². The Morgan fingerprint density at radius 2 is 1.61 bits per heavy atom. The zero-order valence-electron chi connectivity index (χ0n) is 41.6. The number of aryl methyl sites for hydroxylation is 1. The number of nitrogens with one attached hydrogen (secondary N) is 6. The molecule has 2 aromatic carbocycles. The van der Waals surface area contributed by atoms with Crippen molar-refractivity contribution in [2.45, 2.75) is 115 Å². The highest BCUT2D eigenvalue weighted by Crippen LogP contribution is 2.39. The van der Waals surface area contributed by atoms with Crippen molar-refractivity contribution in [3.63, 3.8) is 0 Å². The Labute approximate surface area is 432 Å². The Kier molecular flexibility index (Phi) is 21.7. The van der Waals surface area contributed by atoms with Crippen molar-refractivity contribution < 1.29 is 52.6 Å². The third kappa shape index (κ3) is 15.4. The molecule has 0 radical (unpaired) electrons. The van der Waals surface area contributed by atoms with Crippen LogP contribution >= 0.6 is 33.2 Å².